The molecule has 0 aliphatic carbocycles. The summed E-state index contributed by atoms with van der Waals surface area (Å²) in [4.78, 5) is 0.320. The van der Waals surface area contributed by atoms with Crippen LogP contribution in [0.4, 0.5) is 0 Å². The third kappa shape index (κ3) is 2.36. The van der Waals surface area contributed by atoms with Crippen LogP contribution in [0.1, 0.15) is 24.6 Å². The molecule has 1 unspecified atom stereocenters. The molecule has 0 saturated carbocycles. The number of para-hydroxylation sites is 1. The summed E-state index contributed by atoms with van der Waals surface area (Å²) in [6.45, 7) is 0.928. The Morgan fingerprint density at radius 2 is 1.74 bits per heavy atom. The Balaban J connectivity index is 1.99. The second kappa shape index (κ2) is 5.51. The summed E-state index contributed by atoms with van der Waals surface area (Å²) >= 11 is 0. The maximum atomic E-state index is 13.2. The Kier molecular flexibility index (Phi) is 3.47. The molecule has 0 amide bonds. The first kappa shape index (κ1) is 14.5. The fraction of sp³-hybridized carbons (Fsp3) is 0.222. The summed E-state index contributed by atoms with van der Waals surface area (Å²) in [7, 11) is -3.61. The van der Waals surface area contributed by atoms with E-state index < -0.39 is 10.0 Å². The molecule has 1 N–H and O–H groups in total. The van der Waals surface area contributed by atoms with Crippen molar-refractivity contribution in [2.24, 2.45) is 0 Å². The average molecular weight is 326 g/mol. The summed E-state index contributed by atoms with van der Waals surface area (Å²) < 4.78 is 28.0. The predicted octanol–water partition coefficient (Wildman–Crippen LogP) is 3.30. The van der Waals surface area contributed by atoms with Gasteiger partial charge in [-0.2, -0.15) is 0 Å². The van der Waals surface area contributed by atoms with Gasteiger partial charge in [0.25, 0.3) is 10.0 Å². The molecular weight excluding hydrogens is 308 g/mol. The molecule has 4 nitrogen and oxygen atoms in total. The number of nitrogens with zero attached hydrogens (tertiary/aromatic N) is 1. The molecule has 0 spiro atoms. The monoisotopic (exact) mass is 326 g/mol. The fourth-order valence-electron chi connectivity index (χ4n) is 3.30. The molecule has 118 valence electrons. The Labute approximate surface area is 135 Å². The third-order valence-electron chi connectivity index (χ3n) is 4.39. The number of nitrogens with one attached hydrogen (secondary N) is 1. The van der Waals surface area contributed by atoms with Crippen molar-refractivity contribution >= 4 is 20.9 Å². The summed E-state index contributed by atoms with van der Waals surface area (Å²) in [6, 6.07) is 18.4. The van der Waals surface area contributed by atoms with E-state index in [2.05, 4.69) is 5.32 Å². The standard InChI is InChI=1S/C18H18N2O2S/c21-23(22,15-8-2-1-3-9-15)20-17-11-5-4-7-14(17)13-18(20)16-10-6-12-19-16/h1-5,7-9,11,13,16,19H,6,10,12H2. The molecule has 0 bridgehead atoms. The summed E-state index contributed by atoms with van der Waals surface area (Å²) in [5, 5.41) is 4.37. The summed E-state index contributed by atoms with van der Waals surface area (Å²) in [5.74, 6) is 0. The van der Waals surface area contributed by atoms with E-state index in [9.17, 15) is 8.42 Å². The van der Waals surface area contributed by atoms with Gasteiger partial charge in [0.15, 0.2) is 0 Å². The smallest absolute Gasteiger partial charge is 0.268 e. The zero-order valence-electron chi connectivity index (χ0n) is 12.6. The van der Waals surface area contributed by atoms with Gasteiger partial charge in [0.1, 0.15) is 0 Å². The molecule has 4 rings (SSSR count). The molecule has 23 heavy (non-hydrogen) atoms. The number of hydrogen-bond donors (Lipinski definition) is 1. The van der Waals surface area contributed by atoms with Crippen molar-refractivity contribution in [1.29, 1.82) is 0 Å². The average Bonchev–Trinajstić information content (AvgIpc) is 3.23. The van der Waals surface area contributed by atoms with Crippen LogP contribution in [0.25, 0.3) is 10.9 Å². The van der Waals surface area contributed by atoms with Crippen molar-refractivity contribution in [1.82, 2.24) is 9.29 Å². The van der Waals surface area contributed by atoms with Crippen LogP contribution in [-0.4, -0.2) is 18.9 Å². The van der Waals surface area contributed by atoms with E-state index in [-0.39, 0.29) is 6.04 Å². The lowest BCUT2D eigenvalue weighted by molar-refractivity contribution is 0.574. The van der Waals surface area contributed by atoms with Crippen LogP contribution in [0.5, 0.6) is 0 Å². The summed E-state index contributed by atoms with van der Waals surface area (Å²) in [5.41, 5.74) is 1.56. The lowest BCUT2D eigenvalue weighted by Gasteiger charge is -2.16. The normalized spacial score (nSPS) is 18.5. The zero-order valence-corrected chi connectivity index (χ0v) is 13.5. The maximum Gasteiger partial charge on any atom is 0.268 e. The number of aromatic nitrogens is 1. The first-order valence-electron chi connectivity index (χ1n) is 7.82. The molecule has 0 radical (unpaired) electrons. The first-order valence-corrected chi connectivity index (χ1v) is 9.26. The highest BCUT2D eigenvalue weighted by molar-refractivity contribution is 7.90. The van der Waals surface area contributed by atoms with Gasteiger partial charge in [0.2, 0.25) is 0 Å². The number of benzene rings is 2. The number of hydrogen-bond acceptors (Lipinski definition) is 3. The lowest BCUT2D eigenvalue weighted by Crippen LogP contribution is -2.21. The molecule has 1 aromatic heterocycles. The van der Waals surface area contributed by atoms with E-state index in [0.717, 1.165) is 36.0 Å². The minimum Gasteiger partial charge on any atom is -0.309 e. The quantitative estimate of drug-likeness (QED) is 0.803. The van der Waals surface area contributed by atoms with E-state index in [4.69, 9.17) is 0 Å². The molecule has 1 aliphatic heterocycles. The van der Waals surface area contributed by atoms with Gasteiger partial charge < -0.3 is 5.32 Å². The van der Waals surface area contributed by atoms with Crippen molar-refractivity contribution in [3.8, 4) is 0 Å². The van der Waals surface area contributed by atoms with Gasteiger partial charge in [0, 0.05) is 11.4 Å². The van der Waals surface area contributed by atoms with Crippen LogP contribution in [0.15, 0.2) is 65.6 Å². The molecule has 3 aromatic rings. The molecule has 2 aromatic carbocycles. The minimum absolute atomic E-state index is 0.0842. The van der Waals surface area contributed by atoms with E-state index in [1.54, 1.807) is 24.3 Å². The molecule has 1 fully saturated rings. The number of fused-ring (bicyclic) bond motifs is 1. The van der Waals surface area contributed by atoms with Crippen LogP contribution in [0, 0.1) is 0 Å². The Hall–Kier alpha value is -2.11. The van der Waals surface area contributed by atoms with Gasteiger partial charge >= 0.3 is 0 Å². The van der Waals surface area contributed by atoms with Crippen molar-refractivity contribution in [2.75, 3.05) is 6.54 Å². The van der Waals surface area contributed by atoms with Crippen LogP contribution in [0.2, 0.25) is 0 Å². The van der Waals surface area contributed by atoms with Crippen LogP contribution >= 0.6 is 0 Å². The van der Waals surface area contributed by atoms with Crippen molar-refractivity contribution in [2.45, 2.75) is 23.8 Å². The predicted molar refractivity (Wildman–Crippen MR) is 90.9 cm³/mol. The van der Waals surface area contributed by atoms with Gasteiger partial charge in [-0.25, -0.2) is 12.4 Å². The second-order valence-corrected chi connectivity index (χ2v) is 7.65. The first-order chi connectivity index (χ1) is 11.2. The largest absolute Gasteiger partial charge is 0.309 e. The Morgan fingerprint density at radius 3 is 2.48 bits per heavy atom. The third-order valence-corrected chi connectivity index (χ3v) is 6.15. The van der Waals surface area contributed by atoms with Gasteiger partial charge in [-0.05, 0) is 43.7 Å². The highest BCUT2D eigenvalue weighted by Gasteiger charge is 2.28. The molecule has 1 saturated heterocycles. The second-order valence-electron chi connectivity index (χ2n) is 5.86. The highest BCUT2D eigenvalue weighted by Crippen LogP contribution is 2.32. The van der Waals surface area contributed by atoms with Crippen LogP contribution in [0.3, 0.4) is 0 Å². The number of rotatable bonds is 3. The van der Waals surface area contributed by atoms with Crippen molar-refractivity contribution in [3.63, 3.8) is 0 Å². The molecular formula is C18H18N2O2S. The zero-order chi connectivity index (χ0) is 15.9. The van der Waals surface area contributed by atoms with E-state index in [1.807, 2.05) is 36.4 Å². The lowest BCUT2D eigenvalue weighted by atomic mass is 10.1. The van der Waals surface area contributed by atoms with Gasteiger partial charge in [-0.1, -0.05) is 36.4 Å². The van der Waals surface area contributed by atoms with Crippen LogP contribution < -0.4 is 5.32 Å². The Morgan fingerprint density at radius 1 is 1.00 bits per heavy atom. The fourth-order valence-corrected chi connectivity index (χ4v) is 4.89. The minimum atomic E-state index is -3.61. The molecule has 1 atom stereocenters. The van der Waals surface area contributed by atoms with E-state index >= 15 is 0 Å². The molecule has 5 heteroatoms. The van der Waals surface area contributed by atoms with Crippen LogP contribution in [-0.2, 0) is 10.0 Å². The SMILES string of the molecule is O=S(=O)(c1ccccc1)n1c(C2CCCN2)cc2ccccc21. The Bertz CT molecular complexity index is 940. The maximum absolute atomic E-state index is 13.2. The molecule has 1 aliphatic rings. The van der Waals surface area contributed by atoms with Gasteiger partial charge in [-0.3, -0.25) is 0 Å². The molecule has 2 heterocycles. The van der Waals surface area contributed by atoms with E-state index in [0.29, 0.717) is 4.90 Å². The summed E-state index contributed by atoms with van der Waals surface area (Å²) in [6.07, 6.45) is 2.03. The van der Waals surface area contributed by atoms with Crippen molar-refractivity contribution < 1.29 is 8.42 Å². The highest BCUT2D eigenvalue weighted by atomic mass is 32.2. The topological polar surface area (TPSA) is 51.1 Å². The van der Waals surface area contributed by atoms with Gasteiger partial charge in [0.05, 0.1) is 16.1 Å². The van der Waals surface area contributed by atoms with Crippen molar-refractivity contribution in [3.05, 3.63) is 66.4 Å². The van der Waals surface area contributed by atoms with E-state index in [1.165, 1.54) is 3.97 Å². The van der Waals surface area contributed by atoms with Gasteiger partial charge in [-0.15, -0.1) is 0 Å².